The highest BCUT2D eigenvalue weighted by Crippen LogP contribution is 2.38. The Labute approximate surface area is 114 Å². The summed E-state index contributed by atoms with van der Waals surface area (Å²) >= 11 is 1.60. The van der Waals surface area contributed by atoms with Gasteiger partial charge in [0.05, 0.1) is 0 Å². The van der Waals surface area contributed by atoms with E-state index in [2.05, 4.69) is 23.1 Å². The predicted octanol–water partition coefficient (Wildman–Crippen LogP) is 3.82. The molecule has 1 saturated carbocycles. The average Bonchev–Trinajstić information content (AvgIpc) is 2.87. The second kappa shape index (κ2) is 5.16. The van der Waals surface area contributed by atoms with Gasteiger partial charge in [0.15, 0.2) is 0 Å². The van der Waals surface area contributed by atoms with E-state index >= 15 is 0 Å². The monoisotopic (exact) mass is 265 g/mol. The van der Waals surface area contributed by atoms with Gasteiger partial charge in [0.25, 0.3) is 0 Å². The van der Waals surface area contributed by atoms with Crippen LogP contribution in [0.25, 0.3) is 0 Å². The molecule has 100 valence electrons. The van der Waals surface area contributed by atoms with Crippen LogP contribution < -0.4 is 4.90 Å². The van der Waals surface area contributed by atoms with Gasteiger partial charge in [-0.3, -0.25) is 0 Å². The zero-order chi connectivity index (χ0) is 12.5. The fourth-order valence-electron chi connectivity index (χ4n) is 3.44. The minimum Gasteiger partial charge on any atom is -0.344 e. The second-order valence-corrected chi connectivity index (χ2v) is 6.77. The fourth-order valence-corrected chi connectivity index (χ4v) is 4.33. The first kappa shape index (κ1) is 12.4. The van der Waals surface area contributed by atoms with Crippen molar-refractivity contribution in [3.63, 3.8) is 0 Å². The van der Waals surface area contributed by atoms with Crippen LogP contribution in [-0.2, 0) is 0 Å². The molecule has 0 spiro atoms. The topological polar surface area (TPSA) is 29.0 Å². The molecule has 0 N–H and O–H groups in total. The Morgan fingerprint density at radius 2 is 1.94 bits per heavy atom. The molecule has 1 aromatic heterocycles. The first-order valence-corrected chi connectivity index (χ1v) is 8.13. The van der Waals surface area contributed by atoms with Crippen molar-refractivity contribution in [2.45, 2.75) is 64.3 Å². The van der Waals surface area contributed by atoms with Crippen LogP contribution in [-0.4, -0.2) is 21.9 Å². The van der Waals surface area contributed by atoms with Crippen molar-refractivity contribution in [2.75, 3.05) is 11.4 Å². The van der Waals surface area contributed by atoms with Crippen LogP contribution in [0.2, 0.25) is 0 Å². The summed E-state index contributed by atoms with van der Waals surface area (Å²) in [4.78, 5) is 7.32. The summed E-state index contributed by atoms with van der Waals surface area (Å²) in [6, 6.07) is 0.750. The van der Waals surface area contributed by atoms with Gasteiger partial charge in [-0.25, -0.2) is 4.98 Å². The molecular formula is C14H23N3S. The molecule has 2 unspecified atom stereocenters. The van der Waals surface area contributed by atoms with Crippen molar-refractivity contribution >= 4 is 16.7 Å². The molecular weight excluding hydrogens is 242 g/mol. The molecule has 1 aromatic rings. The molecule has 3 nitrogen and oxygen atoms in total. The molecule has 4 heteroatoms. The maximum absolute atomic E-state index is 4.76. The van der Waals surface area contributed by atoms with Gasteiger partial charge in [-0.15, -0.1) is 0 Å². The lowest BCUT2D eigenvalue weighted by molar-refractivity contribution is 0.243. The van der Waals surface area contributed by atoms with E-state index in [1.54, 1.807) is 11.5 Å². The molecule has 2 atom stereocenters. The van der Waals surface area contributed by atoms with Crippen LogP contribution in [0, 0.1) is 5.92 Å². The van der Waals surface area contributed by atoms with E-state index in [1.807, 2.05) is 0 Å². The number of aromatic nitrogens is 2. The molecule has 2 aliphatic rings. The summed E-state index contributed by atoms with van der Waals surface area (Å²) in [5, 5.41) is 1.18. The van der Waals surface area contributed by atoms with Crippen LogP contribution in [0.5, 0.6) is 0 Å². The second-order valence-electron chi connectivity index (χ2n) is 6.04. The standard InChI is InChI=1S/C14H23N3S/c1-10(2)13-15-14(18-16-13)17-9-5-7-11-6-3-4-8-12(11)17/h10-12H,3-9H2,1-2H3. The van der Waals surface area contributed by atoms with Crippen LogP contribution in [0.3, 0.4) is 0 Å². The first-order valence-electron chi connectivity index (χ1n) is 7.36. The van der Waals surface area contributed by atoms with Gasteiger partial charge >= 0.3 is 0 Å². The predicted molar refractivity (Wildman–Crippen MR) is 76.3 cm³/mol. The Bertz CT molecular complexity index is 399. The number of hydrogen-bond donors (Lipinski definition) is 0. The van der Waals surface area contributed by atoms with Gasteiger partial charge in [-0.2, -0.15) is 4.37 Å². The maximum Gasteiger partial charge on any atom is 0.205 e. The molecule has 0 radical (unpaired) electrons. The largest absolute Gasteiger partial charge is 0.344 e. The summed E-state index contributed by atoms with van der Waals surface area (Å²) in [5.74, 6) is 2.38. The van der Waals surface area contributed by atoms with Crippen molar-refractivity contribution in [1.29, 1.82) is 0 Å². The molecule has 1 aliphatic heterocycles. The van der Waals surface area contributed by atoms with Crippen molar-refractivity contribution in [2.24, 2.45) is 5.92 Å². The van der Waals surface area contributed by atoms with Gasteiger partial charge in [0, 0.05) is 30.0 Å². The number of hydrogen-bond acceptors (Lipinski definition) is 4. The van der Waals surface area contributed by atoms with Gasteiger partial charge in [-0.1, -0.05) is 26.7 Å². The minimum atomic E-state index is 0.446. The highest BCUT2D eigenvalue weighted by Gasteiger charge is 2.34. The molecule has 18 heavy (non-hydrogen) atoms. The molecule has 0 amide bonds. The Balaban J connectivity index is 1.80. The Hall–Kier alpha value is -0.640. The SMILES string of the molecule is CC(C)c1nsc(N2CCCC3CCCCC32)n1. The number of nitrogens with zero attached hydrogens (tertiary/aromatic N) is 3. The van der Waals surface area contributed by atoms with E-state index in [0.29, 0.717) is 5.92 Å². The summed E-state index contributed by atoms with van der Waals surface area (Å²) in [6.07, 6.45) is 8.38. The molecule has 1 aliphatic carbocycles. The van der Waals surface area contributed by atoms with E-state index < -0.39 is 0 Å². The third kappa shape index (κ3) is 2.27. The molecule has 2 fully saturated rings. The van der Waals surface area contributed by atoms with Crippen molar-refractivity contribution in [3.8, 4) is 0 Å². The number of rotatable bonds is 2. The zero-order valence-corrected chi connectivity index (χ0v) is 12.2. The normalized spacial score (nSPS) is 28.5. The van der Waals surface area contributed by atoms with Crippen LogP contribution in [0.1, 0.15) is 64.1 Å². The van der Waals surface area contributed by atoms with Gasteiger partial charge < -0.3 is 4.90 Å². The molecule has 2 heterocycles. The minimum absolute atomic E-state index is 0.446. The van der Waals surface area contributed by atoms with Crippen LogP contribution >= 0.6 is 11.5 Å². The fraction of sp³-hybridized carbons (Fsp3) is 0.857. The quantitative estimate of drug-likeness (QED) is 0.814. The van der Waals surface area contributed by atoms with Gasteiger partial charge in [0.1, 0.15) is 5.82 Å². The molecule has 0 aromatic carbocycles. The van der Waals surface area contributed by atoms with Crippen molar-refractivity contribution in [1.82, 2.24) is 9.36 Å². The third-order valence-corrected chi connectivity index (χ3v) is 5.20. The highest BCUT2D eigenvalue weighted by molar-refractivity contribution is 7.09. The number of fused-ring (bicyclic) bond motifs is 1. The first-order chi connectivity index (χ1) is 8.75. The highest BCUT2D eigenvalue weighted by atomic mass is 32.1. The Morgan fingerprint density at radius 1 is 1.17 bits per heavy atom. The van der Waals surface area contributed by atoms with E-state index in [1.165, 1.54) is 50.2 Å². The van der Waals surface area contributed by atoms with Crippen LogP contribution in [0.15, 0.2) is 0 Å². The summed E-state index contributed by atoms with van der Waals surface area (Å²) in [7, 11) is 0. The lowest BCUT2D eigenvalue weighted by atomic mass is 9.78. The van der Waals surface area contributed by atoms with Gasteiger partial charge in [-0.05, 0) is 31.6 Å². The average molecular weight is 265 g/mol. The Morgan fingerprint density at radius 3 is 2.72 bits per heavy atom. The summed E-state index contributed by atoms with van der Waals surface area (Å²) in [6.45, 7) is 5.53. The van der Waals surface area contributed by atoms with E-state index in [0.717, 1.165) is 17.8 Å². The molecule has 3 rings (SSSR count). The summed E-state index contributed by atoms with van der Waals surface area (Å²) in [5.41, 5.74) is 0. The van der Waals surface area contributed by atoms with E-state index in [4.69, 9.17) is 4.98 Å². The third-order valence-electron chi connectivity index (χ3n) is 4.44. The van der Waals surface area contributed by atoms with Crippen molar-refractivity contribution < 1.29 is 0 Å². The molecule has 0 bridgehead atoms. The lowest BCUT2D eigenvalue weighted by Gasteiger charge is -2.43. The number of piperidine rings is 1. The van der Waals surface area contributed by atoms with Crippen LogP contribution in [0.4, 0.5) is 5.13 Å². The van der Waals surface area contributed by atoms with Gasteiger partial charge in [0.2, 0.25) is 5.13 Å². The van der Waals surface area contributed by atoms with E-state index in [-0.39, 0.29) is 0 Å². The number of anilines is 1. The smallest absolute Gasteiger partial charge is 0.205 e. The van der Waals surface area contributed by atoms with E-state index in [9.17, 15) is 0 Å². The maximum atomic E-state index is 4.76. The summed E-state index contributed by atoms with van der Waals surface area (Å²) < 4.78 is 4.52. The van der Waals surface area contributed by atoms with Crippen molar-refractivity contribution in [3.05, 3.63) is 5.82 Å². The zero-order valence-electron chi connectivity index (χ0n) is 11.4. The lowest BCUT2D eigenvalue weighted by Crippen LogP contribution is -2.46. The Kier molecular flexibility index (Phi) is 3.55. The molecule has 1 saturated heterocycles.